The van der Waals surface area contributed by atoms with E-state index in [1.54, 1.807) is 0 Å². The average Bonchev–Trinajstić information content (AvgIpc) is 3.05. The first-order valence-corrected chi connectivity index (χ1v) is 8.69. The first-order chi connectivity index (χ1) is 10.7. The van der Waals surface area contributed by atoms with E-state index in [1.807, 2.05) is 29.2 Å². The van der Waals surface area contributed by atoms with Crippen molar-refractivity contribution < 1.29 is 4.79 Å². The van der Waals surface area contributed by atoms with Gasteiger partial charge in [0, 0.05) is 29.2 Å². The molecule has 0 spiro atoms. The molecule has 124 valence electrons. The molecule has 23 heavy (non-hydrogen) atoms. The van der Waals surface area contributed by atoms with E-state index in [9.17, 15) is 4.79 Å². The lowest BCUT2D eigenvalue weighted by molar-refractivity contribution is 0.0692. The number of fused-ring (bicyclic) bond motifs is 1. The number of carbonyl (C=O) groups is 1. The minimum Gasteiger partial charge on any atom is -0.334 e. The SMILES string of the molecule is CCCN(C(=O)c1ccc2cc(Br)ccc2c1)C1CCNC1.Cl. The molecule has 1 fully saturated rings. The van der Waals surface area contributed by atoms with Crippen molar-refractivity contribution in [3.8, 4) is 0 Å². The van der Waals surface area contributed by atoms with Crippen LogP contribution in [0.3, 0.4) is 0 Å². The van der Waals surface area contributed by atoms with Gasteiger partial charge in [-0.3, -0.25) is 4.79 Å². The van der Waals surface area contributed by atoms with Gasteiger partial charge in [0.1, 0.15) is 0 Å². The molecule has 1 unspecified atom stereocenters. The summed E-state index contributed by atoms with van der Waals surface area (Å²) >= 11 is 3.49. The zero-order valence-electron chi connectivity index (χ0n) is 13.2. The number of carbonyl (C=O) groups excluding carboxylic acids is 1. The minimum atomic E-state index is 0. The van der Waals surface area contributed by atoms with Crippen LogP contribution in [0.1, 0.15) is 30.1 Å². The summed E-state index contributed by atoms with van der Waals surface area (Å²) in [7, 11) is 0. The second kappa shape index (κ2) is 8.13. The molecule has 3 rings (SSSR count). The van der Waals surface area contributed by atoms with Crippen LogP contribution in [-0.4, -0.2) is 36.5 Å². The van der Waals surface area contributed by atoms with Crippen LogP contribution >= 0.6 is 28.3 Å². The fourth-order valence-electron chi connectivity index (χ4n) is 3.11. The molecule has 1 saturated heterocycles. The first kappa shape index (κ1) is 18.2. The predicted molar refractivity (Wildman–Crippen MR) is 101 cm³/mol. The van der Waals surface area contributed by atoms with Crippen LogP contribution < -0.4 is 5.32 Å². The van der Waals surface area contributed by atoms with Gasteiger partial charge >= 0.3 is 0 Å². The highest BCUT2D eigenvalue weighted by molar-refractivity contribution is 9.10. The molecule has 2 aromatic carbocycles. The van der Waals surface area contributed by atoms with Crippen LogP contribution in [0.15, 0.2) is 40.9 Å². The Morgan fingerprint density at radius 3 is 2.70 bits per heavy atom. The third-order valence-corrected chi connectivity index (χ3v) is 4.74. The zero-order chi connectivity index (χ0) is 15.5. The van der Waals surface area contributed by atoms with Gasteiger partial charge in [-0.2, -0.15) is 0 Å². The summed E-state index contributed by atoms with van der Waals surface area (Å²) in [5, 5.41) is 5.61. The molecule has 2 aromatic rings. The molecule has 0 bridgehead atoms. The Morgan fingerprint density at radius 1 is 1.26 bits per heavy atom. The molecule has 0 radical (unpaired) electrons. The third kappa shape index (κ3) is 4.06. The minimum absolute atomic E-state index is 0. The molecule has 0 aliphatic carbocycles. The second-order valence-corrected chi connectivity index (χ2v) is 6.77. The number of nitrogens with one attached hydrogen (secondary N) is 1. The highest BCUT2D eigenvalue weighted by Crippen LogP contribution is 2.22. The first-order valence-electron chi connectivity index (χ1n) is 7.90. The molecule has 1 aliphatic rings. The van der Waals surface area contributed by atoms with Crippen LogP contribution in [0.25, 0.3) is 10.8 Å². The maximum atomic E-state index is 12.9. The van der Waals surface area contributed by atoms with E-state index < -0.39 is 0 Å². The number of halogens is 2. The normalized spacial score (nSPS) is 17.0. The standard InChI is InChI=1S/C18H21BrN2O.ClH/c1-2-9-21(17-7-8-20-12-17)18(22)15-4-3-14-11-16(19)6-5-13(14)10-15;/h3-6,10-11,17,20H,2,7-9,12H2,1H3;1H. The average molecular weight is 398 g/mol. The van der Waals surface area contributed by atoms with E-state index in [-0.39, 0.29) is 18.3 Å². The van der Waals surface area contributed by atoms with E-state index in [0.717, 1.165) is 53.3 Å². The predicted octanol–water partition coefficient (Wildman–Crippen LogP) is 4.24. The fourth-order valence-corrected chi connectivity index (χ4v) is 3.49. The van der Waals surface area contributed by atoms with Crippen molar-refractivity contribution >= 4 is 45.0 Å². The number of hydrogen-bond donors (Lipinski definition) is 1. The molecule has 1 heterocycles. The van der Waals surface area contributed by atoms with Gasteiger partial charge in [0.05, 0.1) is 0 Å². The van der Waals surface area contributed by atoms with Crippen LogP contribution in [0.5, 0.6) is 0 Å². The summed E-state index contributed by atoms with van der Waals surface area (Å²) in [4.78, 5) is 15.0. The van der Waals surface area contributed by atoms with Crippen molar-refractivity contribution in [2.24, 2.45) is 0 Å². The molecular formula is C18H22BrClN2O. The van der Waals surface area contributed by atoms with E-state index in [0.29, 0.717) is 6.04 Å². The number of hydrogen-bond acceptors (Lipinski definition) is 2. The molecule has 1 N–H and O–H groups in total. The topological polar surface area (TPSA) is 32.3 Å². The summed E-state index contributed by atoms with van der Waals surface area (Å²) in [5.74, 6) is 0.153. The summed E-state index contributed by atoms with van der Waals surface area (Å²) in [6.07, 6.45) is 2.04. The van der Waals surface area contributed by atoms with E-state index >= 15 is 0 Å². The highest BCUT2D eigenvalue weighted by Gasteiger charge is 2.26. The van der Waals surface area contributed by atoms with Crippen molar-refractivity contribution in [3.05, 3.63) is 46.4 Å². The van der Waals surface area contributed by atoms with Gasteiger partial charge < -0.3 is 10.2 Å². The Morgan fingerprint density at radius 2 is 2.00 bits per heavy atom. The van der Waals surface area contributed by atoms with E-state index in [4.69, 9.17) is 0 Å². The molecule has 0 aromatic heterocycles. The van der Waals surface area contributed by atoms with Crippen molar-refractivity contribution in [2.45, 2.75) is 25.8 Å². The summed E-state index contributed by atoms with van der Waals surface area (Å²) < 4.78 is 1.06. The molecular weight excluding hydrogens is 376 g/mol. The maximum Gasteiger partial charge on any atom is 0.254 e. The van der Waals surface area contributed by atoms with Gasteiger partial charge in [-0.25, -0.2) is 0 Å². The number of benzene rings is 2. The fraction of sp³-hybridized carbons (Fsp3) is 0.389. The maximum absolute atomic E-state index is 12.9. The third-order valence-electron chi connectivity index (χ3n) is 4.25. The molecule has 1 aliphatic heterocycles. The van der Waals surface area contributed by atoms with Gasteiger partial charge in [-0.15, -0.1) is 12.4 Å². The summed E-state index contributed by atoms with van der Waals surface area (Å²) in [6.45, 7) is 4.86. The monoisotopic (exact) mass is 396 g/mol. The van der Waals surface area contributed by atoms with Crippen LogP contribution in [0.2, 0.25) is 0 Å². The van der Waals surface area contributed by atoms with Gasteiger partial charge in [0.2, 0.25) is 0 Å². The second-order valence-electron chi connectivity index (χ2n) is 5.85. The summed E-state index contributed by atoms with van der Waals surface area (Å²) in [5.41, 5.74) is 0.787. The Hall–Kier alpha value is -1.10. The number of nitrogens with zero attached hydrogens (tertiary/aromatic N) is 1. The van der Waals surface area contributed by atoms with Crippen LogP contribution in [-0.2, 0) is 0 Å². The van der Waals surface area contributed by atoms with Gasteiger partial charge in [-0.05, 0) is 54.4 Å². The quantitative estimate of drug-likeness (QED) is 0.837. The Balaban J connectivity index is 0.00000192. The van der Waals surface area contributed by atoms with Crippen molar-refractivity contribution in [3.63, 3.8) is 0 Å². The van der Waals surface area contributed by atoms with Gasteiger partial charge in [0.15, 0.2) is 0 Å². The van der Waals surface area contributed by atoms with E-state index in [1.165, 1.54) is 0 Å². The van der Waals surface area contributed by atoms with Crippen molar-refractivity contribution in [2.75, 3.05) is 19.6 Å². The Kier molecular flexibility index (Phi) is 6.45. The largest absolute Gasteiger partial charge is 0.334 e. The van der Waals surface area contributed by atoms with E-state index in [2.05, 4.69) is 40.3 Å². The lowest BCUT2D eigenvalue weighted by Crippen LogP contribution is -2.42. The van der Waals surface area contributed by atoms with Crippen LogP contribution in [0, 0.1) is 0 Å². The van der Waals surface area contributed by atoms with Gasteiger partial charge in [0.25, 0.3) is 5.91 Å². The molecule has 1 amide bonds. The molecule has 0 saturated carbocycles. The smallest absolute Gasteiger partial charge is 0.254 e. The molecule has 5 heteroatoms. The highest BCUT2D eigenvalue weighted by atomic mass is 79.9. The lowest BCUT2D eigenvalue weighted by Gasteiger charge is -2.28. The zero-order valence-corrected chi connectivity index (χ0v) is 15.6. The van der Waals surface area contributed by atoms with Gasteiger partial charge in [-0.1, -0.05) is 35.0 Å². The van der Waals surface area contributed by atoms with Crippen molar-refractivity contribution in [1.29, 1.82) is 0 Å². The van der Waals surface area contributed by atoms with Crippen LogP contribution in [0.4, 0.5) is 0 Å². The molecule has 3 nitrogen and oxygen atoms in total. The number of amides is 1. The lowest BCUT2D eigenvalue weighted by atomic mass is 10.1. The summed E-state index contributed by atoms with van der Waals surface area (Å²) in [6, 6.07) is 12.5. The Bertz CT molecular complexity index is 686. The Labute approximate surface area is 152 Å². The molecule has 1 atom stereocenters. The van der Waals surface area contributed by atoms with Crippen molar-refractivity contribution in [1.82, 2.24) is 10.2 Å². The number of rotatable bonds is 4.